The van der Waals surface area contributed by atoms with E-state index in [2.05, 4.69) is 28.0 Å². The molecular formula is C11H12N4S2. The van der Waals surface area contributed by atoms with Crippen LogP contribution in [0.5, 0.6) is 0 Å². The van der Waals surface area contributed by atoms with Gasteiger partial charge >= 0.3 is 0 Å². The fourth-order valence-corrected chi connectivity index (χ4v) is 4.02. The first-order valence-corrected chi connectivity index (χ1v) is 6.90. The second-order valence-electron chi connectivity index (χ2n) is 3.81. The third kappa shape index (κ3) is 1.89. The summed E-state index contributed by atoms with van der Waals surface area (Å²) in [6, 6.07) is 6.28. The van der Waals surface area contributed by atoms with Gasteiger partial charge in [0.25, 0.3) is 0 Å². The maximum atomic E-state index is 5.65. The molecule has 3 rings (SSSR count). The SMILES string of the molecule is Cn1ccc(C(NN)c2cc3sccc3s2)n1. The minimum absolute atomic E-state index is 0.0270. The highest BCUT2D eigenvalue weighted by molar-refractivity contribution is 7.26. The minimum atomic E-state index is -0.0270. The highest BCUT2D eigenvalue weighted by atomic mass is 32.1. The largest absolute Gasteiger partial charge is 0.275 e. The topological polar surface area (TPSA) is 55.9 Å². The van der Waals surface area contributed by atoms with Crippen molar-refractivity contribution >= 4 is 32.1 Å². The number of rotatable bonds is 3. The number of nitrogens with two attached hydrogens (primary N) is 1. The van der Waals surface area contributed by atoms with E-state index >= 15 is 0 Å². The Morgan fingerprint density at radius 3 is 2.94 bits per heavy atom. The lowest BCUT2D eigenvalue weighted by Gasteiger charge is -2.10. The van der Waals surface area contributed by atoms with Crippen LogP contribution in [0.25, 0.3) is 9.40 Å². The van der Waals surface area contributed by atoms with Crippen LogP contribution in [-0.2, 0) is 7.05 Å². The minimum Gasteiger partial charge on any atom is -0.275 e. The van der Waals surface area contributed by atoms with E-state index in [0.29, 0.717) is 0 Å². The molecule has 0 saturated carbocycles. The number of nitrogens with zero attached hydrogens (tertiary/aromatic N) is 2. The molecule has 6 heteroatoms. The van der Waals surface area contributed by atoms with Crippen LogP contribution in [0, 0.1) is 0 Å². The number of hydrogen-bond acceptors (Lipinski definition) is 5. The standard InChI is InChI=1S/C11H12N4S2/c1-15-4-2-7(14-15)11(13-12)10-6-9-8(17-10)3-5-16-9/h2-6,11,13H,12H2,1H3. The van der Waals surface area contributed by atoms with Crippen LogP contribution in [-0.4, -0.2) is 9.78 Å². The molecular weight excluding hydrogens is 252 g/mol. The molecule has 1 unspecified atom stereocenters. The molecule has 17 heavy (non-hydrogen) atoms. The van der Waals surface area contributed by atoms with Gasteiger partial charge in [0, 0.05) is 27.5 Å². The van der Waals surface area contributed by atoms with Crippen molar-refractivity contribution < 1.29 is 0 Å². The summed E-state index contributed by atoms with van der Waals surface area (Å²) in [5, 5.41) is 6.50. The quantitative estimate of drug-likeness (QED) is 0.563. The maximum absolute atomic E-state index is 5.65. The summed E-state index contributed by atoms with van der Waals surface area (Å²) in [6.45, 7) is 0. The Balaban J connectivity index is 2.03. The van der Waals surface area contributed by atoms with Crippen molar-refractivity contribution in [2.24, 2.45) is 12.9 Å². The fourth-order valence-electron chi connectivity index (χ4n) is 1.83. The maximum Gasteiger partial charge on any atom is 0.0992 e. The smallest absolute Gasteiger partial charge is 0.0992 e. The Morgan fingerprint density at radius 1 is 1.41 bits per heavy atom. The van der Waals surface area contributed by atoms with E-state index in [1.54, 1.807) is 27.4 Å². The second kappa shape index (κ2) is 4.23. The molecule has 3 aromatic rings. The predicted octanol–water partition coefficient (Wildman–Crippen LogP) is 2.25. The molecule has 3 aromatic heterocycles. The molecule has 3 heterocycles. The molecule has 0 aromatic carbocycles. The molecule has 88 valence electrons. The summed E-state index contributed by atoms with van der Waals surface area (Å²) >= 11 is 3.51. The molecule has 0 fully saturated rings. The molecule has 4 nitrogen and oxygen atoms in total. The predicted molar refractivity (Wildman–Crippen MR) is 72.1 cm³/mol. The van der Waals surface area contributed by atoms with E-state index in [1.165, 1.54) is 14.3 Å². The average molecular weight is 264 g/mol. The van der Waals surface area contributed by atoms with Crippen molar-refractivity contribution in [3.8, 4) is 0 Å². The molecule has 0 spiro atoms. The number of hydrogen-bond donors (Lipinski definition) is 2. The zero-order valence-corrected chi connectivity index (χ0v) is 10.9. The van der Waals surface area contributed by atoms with Gasteiger partial charge in [0.2, 0.25) is 0 Å². The van der Waals surface area contributed by atoms with Crippen LogP contribution in [0.4, 0.5) is 0 Å². The molecule has 0 radical (unpaired) electrons. The van der Waals surface area contributed by atoms with Gasteiger partial charge in [0.15, 0.2) is 0 Å². The third-order valence-electron chi connectivity index (χ3n) is 2.64. The Morgan fingerprint density at radius 2 is 2.29 bits per heavy atom. The second-order valence-corrected chi connectivity index (χ2v) is 5.87. The Bertz CT molecular complexity index is 608. The first-order valence-electron chi connectivity index (χ1n) is 5.20. The lowest BCUT2D eigenvalue weighted by atomic mass is 10.2. The van der Waals surface area contributed by atoms with E-state index in [4.69, 9.17) is 5.84 Å². The highest BCUT2D eigenvalue weighted by Crippen LogP contribution is 2.34. The van der Waals surface area contributed by atoms with Crippen LogP contribution in [0.2, 0.25) is 0 Å². The van der Waals surface area contributed by atoms with Gasteiger partial charge in [-0.15, -0.1) is 22.7 Å². The molecule has 0 amide bonds. The normalized spacial score (nSPS) is 13.3. The number of nitrogens with one attached hydrogen (secondary N) is 1. The molecule has 0 saturated heterocycles. The van der Waals surface area contributed by atoms with E-state index < -0.39 is 0 Å². The van der Waals surface area contributed by atoms with E-state index in [9.17, 15) is 0 Å². The number of aryl methyl sites for hydroxylation is 1. The van der Waals surface area contributed by atoms with Gasteiger partial charge in [-0.2, -0.15) is 5.10 Å². The van der Waals surface area contributed by atoms with Crippen LogP contribution >= 0.6 is 22.7 Å². The van der Waals surface area contributed by atoms with Crippen LogP contribution in [0.15, 0.2) is 29.8 Å². The third-order valence-corrected chi connectivity index (χ3v) is 4.80. The number of thiophene rings is 2. The zero-order chi connectivity index (χ0) is 11.8. The van der Waals surface area contributed by atoms with Crippen molar-refractivity contribution in [2.75, 3.05) is 0 Å². The van der Waals surface area contributed by atoms with Crippen molar-refractivity contribution in [2.45, 2.75) is 6.04 Å². The number of fused-ring (bicyclic) bond motifs is 1. The van der Waals surface area contributed by atoms with E-state index in [0.717, 1.165) is 5.69 Å². The van der Waals surface area contributed by atoms with Gasteiger partial charge in [-0.1, -0.05) is 0 Å². The Kier molecular flexibility index (Phi) is 2.71. The molecule has 3 N–H and O–H groups in total. The van der Waals surface area contributed by atoms with Gasteiger partial charge in [0.1, 0.15) is 0 Å². The number of hydrazine groups is 1. The van der Waals surface area contributed by atoms with E-state index in [-0.39, 0.29) is 6.04 Å². The fraction of sp³-hybridized carbons (Fsp3) is 0.182. The van der Waals surface area contributed by atoms with Crippen LogP contribution in [0.3, 0.4) is 0 Å². The molecule has 0 aliphatic heterocycles. The first-order chi connectivity index (χ1) is 8.28. The summed E-state index contributed by atoms with van der Waals surface area (Å²) in [6.07, 6.45) is 1.93. The van der Waals surface area contributed by atoms with Gasteiger partial charge < -0.3 is 0 Å². The zero-order valence-electron chi connectivity index (χ0n) is 9.25. The van der Waals surface area contributed by atoms with Gasteiger partial charge in [-0.25, -0.2) is 5.43 Å². The average Bonchev–Trinajstić information content (AvgIpc) is 2.95. The van der Waals surface area contributed by atoms with Crippen molar-refractivity contribution in [1.29, 1.82) is 0 Å². The molecule has 0 aliphatic rings. The van der Waals surface area contributed by atoms with Crippen molar-refractivity contribution in [1.82, 2.24) is 15.2 Å². The number of aromatic nitrogens is 2. The summed E-state index contributed by atoms with van der Waals surface area (Å²) in [4.78, 5) is 1.20. The van der Waals surface area contributed by atoms with E-state index in [1.807, 2.05) is 19.3 Å². The van der Waals surface area contributed by atoms with Crippen molar-refractivity contribution in [3.05, 3.63) is 40.3 Å². The van der Waals surface area contributed by atoms with Gasteiger partial charge in [-0.05, 0) is 23.6 Å². The van der Waals surface area contributed by atoms with Gasteiger partial charge in [-0.3, -0.25) is 10.5 Å². The summed E-state index contributed by atoms with van der Waals surface area (Å²) in [7, 11) is 1.91. The Hall–Kier alpha value is -1.21. The Labute approximate surface area is 107 Å². The molecule has 1 atom stereocenters. The first kappa shape index (κ1) is 10.9. The molecule has 0 aliphatic carbocycles. The molecule has 0 bridgehead atoms. The summed E-state index contributed by atoms with van der Waals surface area (Å²) < 4.78 is 4.40. The van der Waals surface area contributed by atoms with Crippen LogP contribution in [0.1, 0.15) is 16.6 Å². The summed E-state index contributed by atoms with van der Waals surface area (Å²) in [5.74, 6) is 5.65. The lowest BCUT2D eigenvalue weighted by Crippen LogP contribution is -2.28. The monoisotopic (exact) mass is 264 g/mol. The highest BCUT2D eigenvalue weighted by Gasteiger charge is 2.17. The lowest BCUT2D eigenvalue weighted by molar-refractivity contribution is 0.612. The van der Waals surface area contributed by atoms with Crippen molar-refractivity contribution in [3.63, 3.8) is 0 Å². The summed E-state index contributed by atoms with van der Waals surface area (Å²) in [5.41, 5.74) is 3.79. The van der Waals surface area contributed by atoms with Gasteiger partial charge in [0.05, 0.1) is 11.7 Å². The van der Waals surface area contributed by atoms with Crippen LogP contribution < -0.4 is 11.3 Å².